The average Bonchev–Trinajstić information content (AvgIpc) is 1.33. The molecule has 3 N–H and O–H groups in total. The molecule has 94 heavy (non-hydrogen) atoms. The fourth-order valence-electron chi connectivity index (χ4n) is 11.4. The highest BCUT2D eigenvalue weighted by Crippen LogP contribution is 2.45. The molecule has 0 radical (unpaired) electrons. The molecule has 0 spiro atoms. The van der Waals surface area contributed by atoms with E-state index in [2.05, 4.69) is 55.4 Å². The van der Waals surface area contributed by atoms with E-state index in [1.807, 2.05) is 0 Å². The van der Waals surface area contributed by atoms with Crippen molar-refractivity contribution < 1.29 is 80.2 Å². The Morgan fingerprint density at radius 3 is 0.660 bits per heavy atom. The van der Waals surface area contributed by atoms with E-state index < -0.39 is 97.5 Å². The van der Waals surface area contributed by atoms with Crippen LogP contribution in [-0.4, -0.2) is 96.7 Å². The number of rotatable bonds is 72. The van der Waals surface area contributed by atoms with Crippen molar-refractivity contribution >= 4 is 39.5 Å². The van der Waals surface area contributed by atoms with Crippen LogP contribution in [0.3, 0.4) is 0 Å². The van der Waals surface area contributed by atoms with Crippen LogP contribution in [0.4, 0.5) is 0 Å². The van der Waals surface area contributed by atoms with Crippen molar-refractivity contribution in [3.05, 3.63) is 0 Å². The molecule has 0 amide bonds. The van der Waals surface area contributed by atoms with Gasteiger partial charge in [-0.05, 0) is 49.4 Å². The molecule has 0 fully saturated rings. The topological polar surface area (TPSA) is 237 Å². The summed E-state index contributed by atoms with van der Waals surface area (Å²) in [7, 11) is -9.91. The quantitative estimate of drug-likeness (QED) is 0.0222. The van der Waals surface area contributed by atoms with Gasteiger partial charge in [-0.25, -0.2) is 9.13 Å². The van der Waals surface area contributed by atoms with Crippen LogP contribution in [0, 0.1) is 23.7 Å². The smallest absolute Gasteiger partial charge is 0.462 e. The predicted molar refractivity (Wildman–Crippen MR) is 381 cm³/mol. The number of unbranched alkanes of at least 4 members (excludes halogenated alkanes) is 38. The van der Waals surface area contributed by atoms with Gasteiger partial charge in [0, 0.05) is 25.7 Å². The van der Waals surface area contributed by atoms with E-state index in [9.17, 15) is 43.2 Å². The Balaban J connectivity index is 5.21. The molecule has 0 saturated heterocycles. The highest BCUT2D eigenvalue weighted by atomic mass is 31.2. The van der Waals surface area contributed by atoms with Crippen LogP contribution in [0.15, 0.2) is 0 Å². The second kappa shape index (κ2) is 64.4. The van der Waals surface area contributed by atoms with E-state index in [1.54, 1.807) is 0 Å². The molecule has 0 heterocycles. The number of carbonyl (C=O) groups is 4. The van der Waals surface area contributed by atoms with Crippen molar-refractivity contribution in [1.82, 2.24) is 0 Å². The van der Waals surface area contributed by atoms with Gasteiger partial charge in [-0.1, -0.05) is 325 Å². The molecular formula is C75H146O17P2. The zero-order valence-corrected chi connectivity index (χ0v) is 63.4. The lowest BCUT2D eigenvalue weighted by molar-refractivity contribution is -0.161. The molecule has 0 aromatic carbocycles. The number of hydrogen-bond acceptors (Lipinski definition) is 15. The first-order valence-corrected chi connectivity index (χ1v) is 41.7. The van der Waals surface area contributed by atoms with Gasteiger partial charge in [-0.15, -0.1) is 0 Å². The van der Waals surface area contributed by atoms with Crippen LogP contribution in [0.1, 0.15) is 376 Å². The molecule has 0 aliphatic rings. The number of hydrogen-bond donors (Lipinski definition) is 3. The molecule has 19 heteroatoms. The highest BCUT2D eigenvalue weighted by molar-refractivity contribution is 7.47. The fraction of sp³-hybridized carbons (Fsp3) is 0.947. The summed E-state index contributed by atoms with van der Waals surface area (Å²) in [5, 5.41) is 10.6. The number of phosphoric ester groups is 2. The van der Waals surface area contributed by atoms with Crippen molar-refractivity contribution in [3.8, 4) is 0 Å². The van der Waals surface area contributed by atoms with Crippen molar-refractivity contribution in [2.75, 3.05) is 39.6 Å². The minimum atomic E-state index is -4.96. The third kappa shape index (κ3) is 68.6. The largest absolute Gasteiger partial charge is 0.472 e. The minimum Gasteiger partial charge on any atom is -0.462 e. The van der Waals surface area contributed by atoms with Crippen LogP contribution in [-0.2, 0) is 65.4 Å². The van der Waals surface area contributed by atoms with Crippen LogP contribution in [0.2, 0.25) is 0 Å². The lowest BCUT2D eigenvalue weighted by Crippen LogP contribution is -2.30. The summed E-state index contributed by atoms with van der Waals surface area (Å²) in [5.74, 6) is 0.870. The van der Waals surface area contributed by atoms with Crippen molar-refractivity contribution in [1.29, 1.82) is 0 Å². The molecule has 0 aromatic rings. The Morgan fingerprint density at radius 2 is 0.447 bits per heavy atom. The maximum absolute atomic E-state index is 13.1. The van der Waals surface area contributed by atoms with Gasteiger partial charge in [0.25, 0.3) is 0 Å². The maximum atomic E-state index is 13.1. The standard InChI is InChI=1S/C75H146O17P2/c1-65(2)51-43-35-27-21-17-13-10-9-11-15-19-23-31-41-49-57-74(79)91-70(61-85-72(77)55-47-39-30-26-25-29-37-45-53-67(5)6)63-89-93(81,82)87-59-69(76)60-88-94(83,84)90-64-71(62-86-73(78)56-48-40-34-33-38-46-54-68(7)8)92-75(80)58-50-42-32-24-20-16-12-14-18-22-28-36-44-52-66(3)4/h65-71,76H,9-64H2,1-8H3,(H,81,82)(H,83,84)/t69-,70-,71-/m1/s1. The second-order valence-corrected chi connectivity index (χ2v) is 31.9. The van der Waals surface area contributed by atoms with Gasteiger partial charge in [-0.3, -0.25) is 37.3 Å². The third-order valence-electron chi connectivity index (χ3n) is 17.3. The van der Waals surface area contributed by atoms with Crippen molar-refractivity contribution in [2.24, 2.45) is 23.7 Å². The van der Waals surface area contributed by atoms with Gasteiger partial charge in [-0.2, -0.15) is 0 Å². The summed E-state index contributed by atoms with van der Waals surface area (Å²) in [6.45, 7) is 14.1. The van der Waals surface area contributed by atoms with Gasteiger partial charge in [0.05, 0.1) is 26.4 Å². The number of carbonyl (C=O) groups excluding carboxylic acids is 4. The highest BCUT2D eigenvalue weighted by Gasteiger charge is 2.30. The molecular weight excluding hydrogens is 1230 g/mol. The molecule has 0 aliphatic heterocycles. The number of aliphatic hydroxyl groups is 1. The molecule has 0 rings (SSSR count). The van der Waals surface area contributed by atoms with Crippen LogP contribution < -0.4 is 0 Å². The van der Waals surface area contributed by atoms with Crippen LogP contribution >= 0.6 is 15.6 Å². The Hall–Kier alpha value is -1.94. The summed E-state index contributed by atoms with van der Waals surface area (Å²) in [6.07, 6.45) is 48.8. The lowest BCUT2D eigenvalue weighted by atomic mass is 10.0. The molecule has 0 saturated carbocycles. The van der Waals surface area contributed by atoms with Crippen LogP contribution in [0.5, 0.6) is 0 Å². The Kier molecular flexibility index (Phi) is 63.1. The first kappa shape index (κ1) is 92.1. The SMILES string of the molecule is CC(C)CCCCCCCCCCCCCCCCCC(=O)O[C@H](COC(=O)CCCCCCCCCCC(C)C)COP(=O)(O)OC[C@@H](O)COP(=O)(O)OC[C@@H](COC(=O)CCCCCCCCC(C)C)OC(=O)CCCCCCCCCCCCCCCC(C)C. The van der Waals surface area contributed by atoms with Crippen molar-refractivity contribution in [3.63, 3.8) is 0 Å². The minimum absolute atomic E-state index is 0.106. The van der Waals surface area contributed by atoms with E-state index in [1.165, 1.54) is 173 Å². The van der Waals surface area contributed by atoms with Gasteiger partial charge in [0.2, 0.25) is 0 Å². The predicted octanol–water partition coefficient (Wildman–Crippen LogP) is 21.7. The number of aliphatic hydroxyl groups excluding tert-OH is 1. The van der Waals surface area contributed by atoms with E-state index in [0.717, 1.165) is 114 Å². The average molecular weight is 1380 g/mol. The van der Waals surface area contributed by atoms with E-state index >= 15 is 0 Å². The zero-order valence-electron chi connectivity index (χ0n) is 61.6. The Bertz CT molecular complexity index is 1850. The number of ether oxygens (including phenoxy) is 4. The monoisotopic (exact) mass is 1380 g/mol. The summed E-state index contributed by atoms with van der Waals surface area (Å²) in [6, 6.07) is 0. The maximum Gasteiger partial charge on any atom is 0.472 e. The molecule has 0 bridgehead atoms. The summed E-state index contributed by atoms with van der Waals surface area (Å²) in [5.41, 5.74) is 0. The summed E-state index contributed by atoms with van der Waals surface area (Å²) in [4.78, 5) is 72.7. The van der Waals surface area contributed by atoms with Gasteiger partial charge in [0.1, 0.15) is 19.3 Å². The first-order valence-electron chi connectivity index (χ1n) is 38.7. The third-order valence-corrected chi connectivity index (χ3v) is 19.2. The molecule has 17 nitrogen and oxygen atoms in total. The zero-order chi connectivity index (χ0) is 69.6. The van der Waals surface area contributed by atoms with E-state index in [-0.39, 0.29) is 25.7 Å². The Labute approximate surface area is 575 Å². The lowest BCUT2D eigenvalue weighted by Gasteiger charge is -2.21. The van der Waals surface area contributed by atoms with Gasteiger partial charge in [0.15, 0.2) is 12.2 Å². The molecule has 0 aliphatic carbocycles. The summed E-state index contributed by atoms with van der Waals surface area (Å²) < 4.78 is 68.4. The fourth-order valence-corrected chi connectivity index (χ4v) is 13.0. The molecule has 2 unspecified atom stereocenters. The van der Waals surface area contributed by atoms with Crippen molar-refractivity contribution in [2.45, 2.75) is 395 Å². The Morgan fingerprint density at radius 1 is 0.266 bits per heavy atom. The van der Waals surface area contributed by atoms with Gasteiger partial charge < -0.3 is 33.8 Å². The van der Waals surface area contributed by atoms with E-state index in [0.29, 0.717) is 31.6 Å². The first-order chi connectivity index (χ1) is 45.1. The molecule has 558 valence electrons. The summed E-state index contributed by atoms with van der Waals surface area (Å²) >= 11 is 0. The number of phosphoric acid groups is 2. The molecule has 0 aromatic heterocycles. The van der Waals surface area contributed by atoms with Gasteiger partial charge >= 0.3 is 39.5 Å². The second-order valence-electron chi connectivity index (χ2n) is 28.9. The molecule has 5 atom stereocenters. The van der Waals surface area contributed by atoms with E-state index in [4.69, 9.17) is 37.0 Å². The van der Waals surface area contributed by atoms with Crippen LogP contribution in [0.25, 0.3) is 0 Å². The normalized spacial score (nSPS) is 14.2. The number of esters is 4.